The molecule has 0 atom stereocenters. The zero-order valence-corrected chi connectivity index (χ0v) is 9.01. The monoisotopic (exact) mass is 241 g/mol. The average Bonchev–Trinajstić information content (AvgIpc) is 2.80. The summed E-state index contributed by atoms with van der Waals surface area (Å²) in [6, 6.07) is 6.81. The number of rotatable bonds is 2. The third-order valence-corrected chi connectivity index (χ3v) is 2.41. The summed E-state index contributed by atoms with van der Waals surface area (Å²) >= 11 is 0. The Kier molecular flexibility index (Phi) is 2.83. The summed E-state index contributed by atoms with van der Waals surface area (Å²) in [6.07, 6.45) is -2.71. The number of nitrogens with one attached hydrogen (secondary N) is 1. The van der Waals surface area contributed by atoms with Gasteiger partial charge in [0.05, 0.1) is 12.7 Å². The maximum absolute atomic E-state index is 12.6. The Morgan fingerprint density at radius 1 is 1.18 bits per heavy atom. The summed E-state index contributed by atoms with van der Waals surface area (Å²) < 4.78 is 42.8. The quantitative estimate of drug-likeness (QED) is 0.851. The second-order valence-corrected chi connectivity index (χ2v) is 3.50. The van der Waals surface area contributed by atoms with Gasteiger partial charge in [0, 0.05) is 17.5 Å². The van der Waals surface area contributed by atoms with E-state index in [1.807, 2.05) is 0 Å². The Bertz CT molecular complexity index is 503. The molecule has 0 saturated carbocycles. The van der Waals surface area contributed by atoms with E-state index in [9.17, 15) is 13.2 Å². The molecule has 17 heavy (non-hydrogen) atoms. The number of aromatic nitrogens is 1. The number of alkyl halides is 3. The van der Waals surface area contributed by atoms with Crippen molar-refractivity contribution in [3.05, 3.63) is 42.1 Å². The van der Waals surface area contributed by atoms with Crippen molar-refractivity contribution in [1.82, 2.24) is 4.98 Å². The van der Waals surface area contributed by atoms with Crippen molar-refractivity contribution in [2.45, 2.75) is 6.18 Å². The minimum absolute atomic E-state index is 0.396. The van der Waals surface area contributed by atoms with Crippen LogP contribution in [0.5, 0.6) is 5.75 Å². The predicted molar refractivity (Wildman–Crippen MR) is 57.8 cm³/mol. The van der Waals surface area contributed by atoms with E-state index in [1.165, 1.54) is 13.2 Å². The highest BCUT2D eigenvalue weighted by Crippen LogP contribution is 2.36. The van der Waals surface area contributed by atoms with Crippen LogP contribution in [0, 0.1) is 0 Å². The van der Waals surface area contributed by atoms with Gasteiger partial charge >= 0.3 is 6.18 Å². The number of aromatic amines is 1. The molecule has 1 aromatic carbocycles. The average molecular weight is 241 g/mol. The Hall–Kier alpha value is -1.91. The molecular formula is C12H10F3NO. The fraction of sp³-hybridized carbons (Fsp3) is 0.167. The fourth-order valence-corrected chi connectivity index (χ4v) is 1.59. The van der Waals surface area contributed by atoms with Gasteiger partial charge in [-0.2, -0.15) is 13.2 Å². The van der Waals surface area contributed by atoms with Gasteiger partial charge in [0.1, 0.15) is 5.75 Å². The molecule has 0 aliphatic carbocycles. The predicted octanol–water partition coefficient (Wildman–Crippen LogP) is 3.71. The molecule has 0 aliphatic heterocycles. The van der Waals surface area contributed by atoms with E-state index in [0.717, 1.165) is 12.1 Å². The number of ether oxygens (including phenoxy) is 1. The van der Waals surface area contributed by atoms with Crippen molar-refractivity contribution in [1.29, 1.82) is 0 Å². The van der Waals surface area contributed by atoms with Gasteiger partial charge in [0.25, 0.3) is 0 Å². The summed E-state index contributed by atoms with van der Waals surface area (Å²) in [5.74, 6) is 0.403. The minimum Gasteiger partial charge on any atom is -0.496 e. The summed E-state index contributed by atoms with van der Waals surface area (Å²) in [6.45, 7) is 0. The lowest BCUT2D eigenvalue weighted by Crippen LogP contribution is -2.05. The summed E-state index contributed by atoms with van der Waals surface area (Å²) in [7, 11) is 1.43. The highest BCUT2D eigenvalue weighted by Gasteiger charge is 2.31. The van der Waals surface area contributed by atoms with E-state index in [0.29, 0.717) is 17.0 Å². The van der Waals surface area contributed by atoms with Gasteiger partial charge in [-0.15, -0.1) is 0 Å². The molecule has 2 aromatic rings. The third kappa shape index (κ3) is 2.27. The molecule has 0 amide bonds. The smallest absolute Gasteiger partial charge is 0.416 e. The van der Waals surface area contributed by atoms with E-state index in [1.54, 1.807) is 18.3 Å². The second kappa shape index (κ2) is 4.16. The zero-order valence-electron chi connectivity index (χ0n) is 9.01. The van der Waals surface area contributed by atoms with Gasteiger partial charge in [-0.1, -0.05) is 0 Å². The number of halogens is 3. The molecule has 1 heterocycles. The van der Waals surface area contributed by atoms with Gasteiger partial charge in [0.15, 0.2) is 0 Å². The number of H-pyrrole nitrogens is 1. The molecule has 0 radical (unpaired) electrons. The van der Waals surface area contributed by atoms with Gasteiger partial charge in [-0.05, 0) is 30.3 Å². The standard InChI is InChI=1S/C12H10F3NO/c1-17-11-5-4-8(12(13,14)15)7-9(11)10-3-2-6-16-10/h2-7,16H,1H3. The molecule has 0 bridgehead atoms. The van der Waals surface area contributed by atoms with Gasteiger partial charge in [0.2, 0.25) is 0 Å². The lowest BCUT2D eigenvalue weighted by atomic mass is 10.1. The van der Waals surface area contributed by atoms with Crippen LogP contribution in [0.1, 0.15) is 5.56 Å². The van der Waals surface area contributed by atoms with Gasteiger partial charge in [-0.3, -0.25) is 0 Å². The van der Waals surface area contributed by atoms with Crippen molar-refractivity contribution in [3.8, 4) is 17.0 Å². The summed E-state index contributed by atoms with van der Waals surface area (Å²) in [5, 5.41) is 0. The normalized spacial score (nSPS) is 11.5. The first-order valence-electron chi connectivity index (χ1n) is 4.91. The SMILES string of the molecule is COc1ccc(C(F)(F)F)cc1-c1ccc[nH]1. The van der Waals surface area contributed by atoms with Crippen molar-refractivity contribution < 1.29 is 17.9 Å². The number of benzene rings is 1. The van der Waals surface area contributed by atoms with Crippen LogP contribution < -0.4 is 4.74 Å². The molecule has 0 spiro atoms. The van der Waals surface area contributed by atoms with Gasteiger partial charge < -0.3 is 9.72 Å². The Balaban J connectivity index is 2.55. The van der Waals surface area contributed by atoms with Crippen molar-refractivity contribution in [2.24, 2.45) is 0 Å². The Labute approximate surface area is 96.0 Å². The van der Waals surface area contributed by atoms with Crippen molar-refractivity contribution >= 4 is 0 Å². The Morgan fingerprint density at radius 2 is 1.94 bits per heavy atom. The minimum atomic E-state index is -4.35. The lowest BCUT2D eigenvalue weighted by molar-refractivity contribution is -0.137. The molecule has 5 heteroatoms. The number of hydrogen-bond acceptors (Lipinski definition) is 1. The van der Waals surface area contributed by atoms with Crippen molar-refractivity contribution in [2.75, 3.05) is 7.11 Å². The van der Waals surface area contributed by atoms with Crippen molar-refractivity contribution in [3.63, 3.8) is 0 Å². The van der Waals surface area contributed by atoms with Crippen LogP contribution in [0.3, 0.4) is 0 Å². The van der Waals surface area contributed by atoms with Crippen LogP contribution in [-0.4, -0.2) is 12.1 Å². The molecule has 0 saturated heterocycles. The molecule has 1 N–H and O–H groups in total. The largest absolute Gasteiger partial charge is 0.496 e. The molecule has 2 nitrogen and oxygen atoms in total. The maximum Gasteiger partial charge on any atom is 0.416 e. The van der Waals surface area contributed by atoms with Crippen LogP contribution in [0.4, 0.5) is 13.2 Å². The van der Waals surface area contributed by atoms with Crippen LogP contribution in [0.25, 0.3) is 11.3 Å². The number of hydrogen-bond donors (Lipinski definition) is 1. The maximum atomic E-state index is 12.6. The highest BCUT2D eigenvalue weighted by atomic mass is 19.4. The molecule has 0 fully saturated rings. The summed E-state index contributed by atoms with van der Waals surface area (Å²) in [5.41, 5.74) is 0.295. The van der Waals surface area contributed by atoms with Crippen LogP contribution >= 0.6 is 0 Å². The van der Waals surface area contributed by atoms with Crippen LogP contribution in [0.15, 0.2) is 36.5 Å². The van der Waals surface area contributed by atoms with E-state index < -0.39 is 11.7 Å². The topological polar surface area (TPSA) is 25.0 Å². The first kappa shape index (κ1) is 11.6. The first-order chi connectivity index (χ1) is 8.02. The van der Waals surface area contributed by atoms with Crippen LogP contribution in [-0.2, 0) is 6.18 Å². The molecule has 1 aromatic heterocycles. The van der Waals surface area contributed by atoms with Crippen LogP contribution in [0.2, 0.25) is 0 Å². The molecule has 90 valence electrons. The van der Waals surface area contributed by atoms with Gasteiger partial charge in [-0.25, -0.2) is 0 Å². The summed E-state index contributed by atoms with van der Waals surface area (Å²) in [4.78, 5) is 2.86. The second-order valence-electron chi connectivity index (χ2n) is 3.50. The fourth-order valence-electron chi connectivity index (χ4n) is 1.59. The lowest BCUT2D eigenvalue weighted by Gasteiger charge is -2.11. The molecule has 0 aliphatic rings. The first-order valence-corrected chi connectivity index (χ1v) is 4.91. The van der Waals surface area contributed by atoms with E-state index in [2.05, 4.69) is 4.98 Å². The third-order valence-electron chi connectivity index (χ3n) is 2.41. The van der Waals surface area contributed by atoms with E-state index in [-0.39, 0.29) is 0 Å². The molecule has 0 unspecified atom stereocenters. The van der Waals surface area contributed by atoms with E-state index >= 15 is 0 Å². The number of methoxy groups -OCH3 is 1. The zero-order chi connectivity index (χ0) is 12.5. The Morgan fingerprint density at radius 3 is 2.47 bits per heavy atom. The molecular weight excluding hydrogens is 231 g/mol. The van der Waals surface area contributed by atoms with E-state index in [4.69, 9.17) is 4.74 Å². The highest BCUT2D eigenvalue weighted by molar-refractivity contribution is 5.68. The molecule has 2 rings (SSSR count).